The van der Waals surface area contributed by atoms with E-state index in [0.29, 0.717) is 28.8 Å². The van der Waals surface area contributed by atoms with Gasteiger partial charge in [0.25, 0.3) is 5.56 Å². The second kappa shape index (κ2) is 10.2. The van der Waals surface area contributed by atoms with E-state index in [0.717, 1.165) is 6.04 Å². The molecule has 0 aliphatic rings. The lowest BCUT2D eigenvalue weighted by Crippen LogP contribution is -2.43. The Labute approximate surface area is 178 Å². The van der Waals surface area contributed by atoms with E-state index in [2.05, 4.69) is 77.7 Å². The zero-order valence-corrected chi connectivity index (χ0v) is 21.8. The maximum Gasteiger partial charge on any atom is 0.284 e. The third-order valence-electron chi connectivity index (χ3n) is 5.43. The molecule has 0 saturated heterocycles. The van der Waals surface area contributed by atoms with Gasteiger partial charge in [0.1, 0.15) is 14.8 Å². The van der Waals surface area contributed by atoms with Gasteiger partial charge in [-0.25, -0.2) is 4.68 Å². The van der Waals surface area contributed by atoms with Crippen LogP contribution in [-0.2, 0) is 11.5 Å². The Bertz CT molecular complexity index is 750. The molecule has 158 valence electrons. The minimum absolute atomic E-state index is 0.111. The molecule has 0 N–H and O–H groups in total. The molecule has 0 saturated carbocycles. The first-order chi connectivity index (χ1) is 12.8. The topological polar surface area (TPSA) is 44.1 Å². The molecule has 28 heavy (non-hydrogen) atoms. The Morgan fingerprint density at radius 3 is 2.11 bits per heavy atom. The van der Waals surface area contributed by atoms with E-state index in [4.69, 9.17) is 16.3 Å². The zero-order valence-electron chi connectivity index (χ0n) is 19.0. The Hall–Kier alpha value is -0.876. The van der Waals surface area contributed by atoms with Gasteiger partial charge in [0, 0.05) is 14.7 Å². The minimum Gasteiger partial charge on any atom is -0.359 e. The standard InChI is InChI=1S/C21H37ClN2O2Si2/c1-16(2)28(17(3)4,18(5)6)12-10-19-14-20(22)23-24(21(19)25)15-26-11-13-27(7,8)9/h14,16-18H,11,13,15H2,1-9H3. The van der Waals surface area contributed by atoms with Crippen molar-refractivity contribution < 1.29 is 4.74 Å². The van der Waals surface area contributed by atoms with Crippen LogP contribution in [0.2, 0.25) is 47.5 Å². The van der Waals surface area contributed by atoms with Crippen LogP contribution in [0.3, 0.4) is 0 Å². The number of hydrogen-bond donors (Lipinski definition) is 0. The predicted octanol–water partition coefficient (Wildman–Crippen LogP) is 5.78. The van der Waals surface area contributed by atoms with Crippen LogP contribution < -0.4 is 5.56 Å². The van der Waals surface area contributed by atoms with Gasteiger partial charge in [-0.15, -0.1) is 5.54 Å². The van der Waals surface area contributed by atoms with E-state index in [1.807, 2.05) is 0 Å². The van der Waals surface area contributed by atoms with Crippen molar-refractivity contribution in [1.82, 2.24) is 9.78 Å². The first kappa shape index (κ1) is 25.2. The van der Waals surface area contributed by atoms with Gasteiger partial charge in [0.15, 0.2) is 5.15 Å². The fraction of sp³-hybridized carbons (Fsp3) is 0.714. The molecule has 0 amide bonds. The normalized spacial score (nSPS) is 12.6. The summed E-state index contributed by atoms with van der Waals surface area (Å²) in [6, 6.07) is 2.62. The molecule has 1 heterocycles. The highest BCUT2D eigenvalue weighted by atomic mass is 35.5. The first-order valence-electron chi connectivity index (χ1n) is 10.2. The van der Waals surface area contributed by atoms with Gasteiger partial charge in [0.2, 0.25) is 0 Å². The molecular weight excluding hydrogens is 404 g/mol. The number of ether oxygens (including phenoxy) is 1. The van der Waals surface area contributed by atoms with Gasteiger partial charge in [0.05, 0.1) is 5.56 Å². The number of nitrogens with zero attached hydrogens (tertiary/aromatic N) is 2. The van der Waals surface area contributed by atoms with Gasteiger partial charge < -0.3 is 4.74 Å². The fourth-order valence-electron chi connectivity index (χ4n) is 3.82. The molecule has 7 heteroatoms. The summed E-state index contributed by atoms with van der Waals surface area (Å²) in [6.45, 7) is 21.1. The number of rotatable bonds is 8. The molecule has 1 rings (SSSR count). The Kier molecular flexibility index (Phi) is 9.20. The number of hydrogen-bond acceptors (Lipinski definition) is 3. The molecule has 4 nitrogen and oxygen atoms in total. The Morgan fingerprint density at radius 1 is 1.11 bits per heavy atom. The molecule has 0 aliphatic heterocycles. The quantitative estimate of drug-likeness (QED) is 0.292. The Morgan fingerprint density at radius 2 is 1.64 bits per heavy atom. The van der Waals surface area contributed by atoms with E-state index in [9.17, 15) is 4.79 Å². The van der Waals surface area contributed by atoms with Crippen molar-refractivity contribution in [3.63, 3.8) is 0 Å². The highest BCUT2D eigenvalue weighted by molar-refractivity contribution is 6.90. The average Bonchev–Trinajstić information content (AvgIpc) is 2.53. The van der Waals surface area contributed by atoms with Crippen molar-refractivity contribution in [3.8, 4) is 11.5 Å². The predicted molar refractivity (Wildman–Crippen MR) is 126 cm³/mol. The van der Waals surface area contributed by atoms with Crippen LogP contribution in [0.25, 0.3) is 0 Å². The molecule has 0 fully saturated rings. The number of halogens is 1. The largest absolute Gasteiger partial charge is 0.359 e. The molecule has 1 aromatic rings. The van der Waals surface area contributed by atoms with Crippen molar-refractivity contribution in [2.45, 2.75) is 90.6 Å². The molecule has 0 aliphatic carbocycles. The summed E-state index contributed by atoms with van der Waals surface area (Å²) in [5, 5.41) is 4.38. The maximum absolute atomic E-state index is 12.8. The van der Waals surface area contributed by atoms with E-state index in [1.165, 1.54) is 4.68 Å². The van der Waals surface area contributed by atoms with Crippen molar-refractivity contribution in [1.29, 1.82) is 0 Å². The zero-order chi connectivity index (χ0) is 21.7. The summed E-state index contributed by atoms with van der Waals surface area (Å²) in [6.07, 6.45) is 0. The van der Waals surface area contributed by atoms with Gasteiger partial charge >= 0.3 is 0 Å². The fourth-order valence-corrected chi connectivity index (χ4v) is 10.00. The lowest BCUT2D eigenvalue weighted by molar-refractivity contribution is 0.0749. The first-order valence-corrected chi connectivity index (χ1v) is 16.5. The molecule has 0 atom stereocenters. The van der Waals surface area contributed by atoms with Crippen LogP contribution in [0.1, 0.15) is 47.1 Å². The van der Waals surface area contributed by atoms with Crippen LogP contribution in [0.15, 0.2) is 10.9 Å². The molecule has 0 radical (unpaired) electrons. The highest BCUT2D eigenvalue weighted by Gasteiger charge is 2.41. The SMILES string of the molecule is CC(C)[Si](C#Cc1cc(Cl)nn(COCC[Si](C)(C)C)c1=O)(C(C)C)C(C)C. The molecule has 1 aromatic heterocycles. The van der Waals surface area contributed by atoms with Crippen LogP contribution in [-0.4, -0.2) is 32.5 Å². The summed E-state index contributed by atoms with van der Waals surface area (Å²) in [5.74, 6) is 3.20. The lowest BCUT2D eigenvalue weighted by atomic mass is 10.3. The molecule has 0 spiro atoms. The third-order valence-corrected chi connectivity index (χ3v) is 13.6. The third kappa shape index (κ3) is 6.58. The summed E-state index contributed by atoms with van der Waals surface area (Å²) < 4.78 is 6.98. The Balaban J connectivity index is 3.19. The minimum atomic E-state index is -1.92. The maximum atomic E-state index is 12.8. The van der Waals surface area contributed by atoms with Crippen LogP contribution >= 0.6 is 11.6 Å². The number of aromatic nitrogens is 2. The van der Waals surface area contributed by atoms with Crippen molar-refractivity contribution in [2.24, 2.45) is 0 Å². The van der Waals surface area contributed by atoms with Crippen LogP contribution in [0.5, 0.6) is 0 Å². The summed E-state index contributed by atoms with van der Waals surface area (Å²) in [4.78, 5) is 12.8. The molecule has 0 aromatic carbocycles. The van der Waals surface area contributed by atoms with Crippen molar-refractivity contribution in [2.75, 3.05) is 6.61 Å². The van der Waals surface area contributed by atoms with Gasteiger partial charge in [-0.3, -0.25) is 4.79 Å². The second-order valence-electron chi connectivity index (χ2n) is 9.68. The average molecular weight is 441 g/mol. The monoisotopic (exact) mass is 440 g/mol. The van der Waals surface area contributed by atoms with Crippen molar-refractivity contribution in [3.05, 3.63) is 27.1 Å². The molecular formula is C21H37ClN2O2Si2. The van der Waals surface area contributed by atoms with E-state index < -0.39 is 16.1 Å². The van der Waals surface area contributed by atoms with E-state index in [-0.39, 0.29) is 17.4 Å². The molecule has 0 bridgehead atoms. The van der Waals surface area contributed by atoms with Gasteiger partial charge in [-0.1, -0.05) is 78.7 Å². The van der Waals surface area contributed by atoms with Crippen molar-refractivity contribution >= 4 is 27.7 Å². The smallest absolute Gasteiger partial charge is 0.284 e. The lowest BCUT2D eigenvalue weighted by Gasteiger charge is -2.38. The summed E-state index contributed by atoms with van der Waals surface area (Å²) >= 11 is 6.17. The van der Waals surface area contributed by atoms with E-state index in [1.54, 1.807) is 6.07 Å². The van der Waals surface area contributed by atoms with Gasteiger partial charge in [-0.2, -0.15) is 5.10 Å². The summed E-state index contributed by atoms with van der Waals surface area (Å²) in [7, 11) is -3.09. The molecule has 0 unspecified atom stereocenters. The van der Waals surface area contributed by atoms with Gasteiger partial charge in [-0.05, 0) is 28.7 Å². The van der Waals surface area contributed by atoms with Crippen LogP contribution in [0.4, 0.5) is 0 Å². The second-order valence-corrected chi connectivity index (χ2v) is 21.3. The highest BCUT2D eigenvalue weighted by Crippen LogP contribution is 2.40. The van der Waals surface area contributed by atoms with E-state index >= 15 is 0 Å². The summed E-state index contributed by atoms with van der Waals surface area (Å²) in [5.41, 5.74) is 5.27. The van der Waals surface area contributed by atoms with Crippen LogP contribution in [0, 0.1) is 11.5 Å².